The molecule has 2 amide bonds. The van der Waals surface area contributed by atoms with Gasteiger partial charge in [-0.1, -0.05) is 11.6 Å². The van der Waals surface area contributed by atoms with E-state index in [1.165, 1.54) is 25.4 Å². The number of pyridine rings is 2. The SMILES string of the molecule is COc1cc(C(=O)NC[C@](C=O)(c2cc3c(c(-c4ccnc(OC(F)F)c4Cl)n2)OC[C@]3(C)C(N)=O)C2CC2)cc(C=NC2CC2)c1N. The van der Waals surface area contributed by atoms with Gasteiger partial charge in [0.15, 0.2) is 0 Å². The number of alkyl halides is 2. The summed E-state index contributed by atoms with van der Waals surface area (Å²) in [5.74, 6) is -1.52. The van der Waals surface area contributed by atoms with E-state index in [1.807, 2.05) is 0 Å². The van der Waals surface area contributed by atoms with Gasteiger partial charge >= 0.3 is 6.61 Å². The molecule has 1 aromatic carbocycles. The predicted molar refractivity (Wildman–Crippen MR) is 172 cm³/mol. The number of carbonyl (C=O) groups is 3. The number of aromatic nitrogens is 2. The molecule has 15 heteroatoms. The van der Waals surface area contributed by atoms with E-state index in [2.05, 4.69) is 20.0 Å². The molecule has 6 rings (SSSR count). The van der Waals surface area contributed by atoms with Crippen LogP contribution in [0, 0.1) is 5.92 Å². The zero-order chi connectivity index (χ0) is 34.4. The average molecular weight is 683 g/mol. The van der Waals surface area contributed by atoms with Crippen LogP contribution in [0.4, 0.5) is 14.5 Å². The fourth-order valence-electron chi connectivity index (χ4n) is 5.82. The standard InChI is InChI=1S/C33H33ClF2N6O6/c1-32(30(38)45)15-47-27-21(32)11-23(42-26(27)20-7-8-39-29(24(20)34)48-31(35)36)33(14-43,18-3-4-18)13-41-28(44)16-9-17(12-40-19-5-6-19)25(37)22(10-16)46-2/h7-12,14,18-19,31H,3-6,13,15,37H2,1-2H3,(H2,38,45)(H,41,44)/t32-,33+/m0/s1. The van der Waals surface area contributed by atoms with Crippen LogP contribution in [0.3, 0.4) is 0 Å². The molecule has 2 atom stereocenters. The van der Waals surface area contributed by atoms with E-state index in [-0.39, 0.29) is 58.4 Å². The lowest BCUT2D eigenvalue weighted by molar-refractivity contribution is -0.123. The van der Waals surface area contributed by atoms with Crippen LogP contribution in [0.2, 0.25) is 5.02 Å². The van der Waals surface area contributed by atoms with E-state index >= 15 is 0 Å². The Morgan fingerprint density at radius 1 is 1.27 bits per heavy atom. The number of nitrogens with one attached hydrogen (secondary N) is 1. The van der Waals surface area contributed by atoms with Crippen LogP contribution in [0.15, 0.2) is 35.5 Å². The Labute approximate surface area is 279 Å². The maximum atomic E-state index is 13.6. The molecular weight excluding hydrogens is 650 g/mol. The normalized spacial score (nSPS) is 19.8. The van der Waals surface area contributed by atoms with Crippen LogP contribution in [0.5, 0.6) is 17.4 Å². The fraction of sp³-hybridized carbons (Fsp3) is 0.394. The number of aldehydes is 1. The molecule has 252 valence electrons. The predicted octanol–water partition coefficient (Wildman–Crippen LogP) is 3.98. The average Bonchev–Trinajstić information content (AvgIpc) is 4.00. The molecule has 3 aliphatic rings. The summed E-state index contributed by atoms with van der Waals surface area (Å²) in [6.07, 6.45) is 6.87. The number of amides is 2. The number of nitrogen functional groups attached to an aromatic ring is 1. The number of benzene rings is 1. The van der Waals surface area contributed by atoms with Gasteiger partial charge in [-0.25, -0.2) is 9.97 Å². The maximum absolute atomic E-state index is 13.6. The van der Waals surface area contributed by atoms with Gasteiger partial charge < -0.3 is 35.8 Å². The summed E-state index contributed by atoms with van der Waals surface area (Å²) in [5, 5.41) is 2.60. The number of rotatable bonds is 13. The number of hydrogen-bond acceptors (Lipinski definition) is 10. The molecule has 0 unspecified atom stereocenters. The monoisotopic (exact) mass is 682 g/mol. The van der Waals surface area contributed by atoms with Crippen LogP contribution in [-0.4, -0.2) is 67.2 Å². The lowest BCUT2D eigenvalue weighted by atomic mass is 9.76. The molecule has 2 fully saturated rings. The highest BCUT2D eigenvalue weighted by molar-refractivity contribution is 6.34. The smallest absolute Gasteiger partial charge is 0.388 e. The maximum Gasteiger partial charge on any atom is 0.388 e. The zero-order valence-corrected chi connectivity index (χ0v) is 26.9. The first-order valence-corrected chi connectivity index (χ1v) is 15.6. The Hall–Kier alpha value is -4.85. The number of hydrogen-bond donors (Lipinski definition) is 3. The minimum Gasteiger partial charge on any atom is -0.495 e. The Morgan fingerprint density at radius 3 is 2.65 bits per heavy atom. The molecule has 0 spiro atoms. The molecule has 12 nitrogen and oxygen atoms in total. The molecule has 0 bridgehead atoms. The number of aliphatic imine (C=N–C) groups is 1. The third-order valence-electron chi connectivity index (χ3n) is 9.09. The quantitative estimate of drug-likeness (QED) is 0.136. The highest BCUT2D eigenvalue weighted by Crippen LogP contribution is 2.51. The summed E-state index contributed by atoms with van der Waals surface area (Å²) in [5.41, 5.74) is 11.2. The second-order valence-corrected chi connectivity index (χ2v) is 12.8. The van der Waals surface area contributed by atoms with Crippen molar-refractivity contribution >= 4 is 41.6 Å². The van der Waals surface area contributed by atoms with Gasteiger partial charge in [0.25, 0.3) is 5.91 Å². The first kappa shape index (κ1) is 33.1. The fourth-order valence-corrected chi connectivity index (χ4v) is 6.06. The number of nitrogens with two attached hydrogens (primary N) is 2. The number of ether oxygens (including phenoxy) is 3. The molecular formula is C33H33ClF2N6O6. The van der Waals surface area contributed by atoms with Crippen molar-refractivity contribution in [2.75, 3.05) is 26.0 Å². The Balaban J connectivity index is 1.42. The van der Waals surface area contributed by atoms with E-state index in [4.69, 9.17) is 37.5 Å². The number of fused-ring (bicyclic) bond motifs is 1. The minimum atomic E-state index is -3.20. The summed E-state index contributed by atoms with van der Waals surface area (Å²) in [6.45, 7) is -1.91. The highest BCUT2D eigenvalue weighted by atomic mass is 35.5. The van der Waals surface area contributed by atoms with E-state index in [9.17, 15) is 23.2 Å². The topological polar surface area (TPSA) is 181 Å². The van der Waals surface area contributed by atoms with Gasteiger partial charge in [0.05, 0.1) is 29.9 Å². The van der Waals surface area contributed by atoms with Gasteiger partial charge in [-0.2, -0.15) is 8.78 Å². The number of methoxy groups -OCH3 is 1. The molecule has 48 heavy (non-hydrogen) atoms. The van der Waals surface area contributed by atoms with Crippen molar-refractivity contribution in [1.82, 2.24) is 15.3 Å². The molecule has 3 heterocycles. The largest absolute Gasteiger partial charge is 0.495 e. The van der Waals surface area contributed by atoms with Crippen LogP contribution in [-0.2, 0) is 20.4 Å². The second kappa shape index (κ2) is 12.6. The second-order valence-electron chi connectivity index (χ2n) is 12.4. The Morgan fingerprint density at radius 2 is 2.02 bits per heavy atom. The molecule has 2 saturated carbocycles. The Bertz CT molecular complexity index is 1830. The lowest BCUT2D eigenvalue weighted by Crippen LogP contribution is -2.45. The van der Waals surface area contributed by atoms with E-state index in [0.717, 1.165) is 19.1 Å². The molecule has 1 aliphatic heterocycles. The first-order valence-electron chi connectivity index (χ1n) is 15.3. The number of primary amides is 1. The van der Waals surface area contributed by atoms with E-state index in [1.54, 1.807) is 25.3 Å². The first-order chi connectivity index (χ1) is 22.9. The number of halogens is 3. The molecule has 2 aromatic heterocycles. The van der Waals surface area contributed by atoms with Gasteiger partial charge in [-0.05, 0) is 62.8 Å². The van der Waals surface area contributed by atoms with Gasteiger partial charge in [-0.15, -0.1) is 0 Å². The summed E-state index contributed by atoms with van der Waals surface area (Å²) < 4.78 is 42.1. The number of nitrogens with zero attached hydrogens (tertiary/aromatic N) is 3. The van der Waals surface area contributed by atoms with E-state index in [0.29, 0.717) is 35.4 Å². The van der Waals surface area contributed by atoms with Gasteiger partial charge in [-0.3, -0.25) is 14.6 Å². The zero-order valence-electron chi connectivity index (χ0n) is 26.1. The molecule has 3 aromatic rings. The molecule has 0 saturated heterocycles. The highest BCUT2D eigenvalue weighted by Gasteiger charge is 2.51. The summed E-state index contributed by atoms with van der Waals surface area (Å²) in [7, 11) is 1.44. The van der Waals surface area contributed by atoms with Crippen LogP contribution in [0.1, 0.15) is 59.8 Å². The molecule has 5 N–H and O–H groups in total. The summed E-state index contributed by atoms with van der Waals surface area (Å²) >= 11 is 6.50. The van der Waals surface area contributed by atoms with Crippen molar-refractivity contribution in [3.63, 3.8) is 0 Å². The van der Waals surface area contributed by atoms with Crippen molar-refractivity contribution < 1.29 is 37.4 Å². The summed E-state index contributed by atoms with van der Waals surface area (Å²) in [4.78, 5) is 52.6. The summed E-state index contributed by atoms with van der Waals surface area (Å²) in [6, 6.07) is 6.35. The van der Waals surface area contributed by atoms with Crippen LogP contribution >= 0.6 is 11.6 Å². The third-order valence-corrected chi connectivity index (χ3v) is 9.46. The van der Waals surface area contributed by atoms with Crippen molar-refractivity contribution in [1.29, 1.82) is 0 Å². The van der Waals surface area contributed by atoms with Crippen molar-refractivity contribution in [2.45, 2.75) is 56.1 Å². The van der Waals surface area contributed by atoms with Gasteiger partial charge in [0.2, 0.25) is 11.8 Å². The van der Waals surface area contributed by atoms with Gasteiger partial charge in [0.1, 0.15) is 40.5 Å². The van der Waals surface area contributed by atoms with Crippen molar-refractivity contribution in [3.05, 3.63) is 57.9 Å². The van der Waals surface area contributed by atoms with Crippen LogP contribution < -0.4 is 31.0 Å². The van der Waals surface area contributed by atoms with Crippen molar-refractivity contribution in [2.24, 2.45) is 16.6 Å². The number of anilines is 1. The number of carbonyl (C=O) groups excluding carboxylic acids is 3. The minimum absolute atomic E-state index is 0.0695. The van der Waals surface area contributed by atoms with Gasteiger partial charge in [0, 0.05) is 41.2 Å². The van der Waals surface area contributed by atoms with Crippen LogP contribution in [0.25, 0.3) is 11.3 Å². The van der Waals surface area contributed by atoms with Crippen molar-refractivity contribution in [3.8, 4) is 28.6 Å². The van der Waals surface area contributed by atoms with E-state index < -0.39 is 35.1 Å². The molecule has 0 radical (unpaired) electrons. The molecule has 2 aliphatic carbocycles. The third kappa shape index (κ3) is 6.00. The Kier molecular flexibility index (Phi) is 8.71. The lowest BCUT2D eigenvalue weighted by Gasteiger charge is -2.30.